The number of esters is 1. The van der Waals surface area contributed by atoms with Crippen molar-refractivity contribution < 1.29 is 29.6 Å². The first kappa shape index (κ1) is 26.8. The third-order valence-corrected chi connectivity index (χ3v) is 5.71. The molecule has 176 valence electrons. The molecule has 0 saturated heterocycles. The number of aliphatic hydroxyl groups excluding tert-OH is 3. The van der Waals surface area contributed by atoms with Gasteiger partial charge < -0.3 is 24.8 Å². The lowest BCUT2D eigenvalue weighted by atomic mass is 10.0. The lowest BCUT2D eigenvalue weighted by Gasteiger charge is -2.18. The first-order chi connectivity index (χ1) is 14.6. The molecule has 0 amide bonds. The molecule has 0 spiro atoms. The molecule has 6 heteroatoms. The van der Waals surface area contributed by atoms with Gasteiger partial charge in [-0.05, 0) is 6.42 Å². The van der Waals surface area contributed by atoms with E-state index >= 15 is 0 Å². The Morgan fingerprint density at radius 3 is 1.70 bits per heavy atom. The maximum atomic E-state index is 11.4. The van der Waals surface area contributed by atoms with Gasteiger partial charge in [-0.25, -0.2) is 4.79 Å². The van der Waals surface area contributed by atoms with Gasteiger partial charge in [-0.3, -0.25) is 0 Å². The number of rotatable bonds is 20. The topological polar surface area (TPSA) is 96.2 Å². The van der Waals surface area contributed by atoms with Gasteiger partial charge in [0.25, 0.3) is 0 Å². The Morgan fingerprint density at radius 1 is 0.833 bits per heavy atom. The summed E-state index contributed by atoms with van der Waals surface area (Å²) in [6, 6.07) is 0. The van der Waals surface area contributed by atoms with Crippen LogP contribution in [0.3, 0.4) is 0 Å². The van der Waals surface area contributed by atoms with Gasteiger partial charge in [-0.1, -0.05) is 103 Å². The van der Waals surface area contributed by atoms with Crippen LogP contribution in [-0.4, -0.2) is 46.7 Å². The minimum Gasteiger partial charge on any atom is -0.499 e. The van der Waals surface area contributed by atoms with Crippen LogP contribution in [0.5, 0.6) is 0 Å². The molecule has 0 aromatic rings. The largest absolute Gasteiger partial charge is 0.499 e. The van der Waals surface area contributed by atoms with Crippen molar-refractivity contribution in [2.24, 2.45) is 0 Å². The molecule has 2 atom stereocenters. The fraction of sp³-hybridized carbons (Fsp3) is 0.875. The fourth-order valence-electron chi connectivity index (χ4n) is 3.79. The van der Waals surface area contributed by atoms with Crippen molar-refractivity contribution in [3.8, 4) is 0 Å². The molecule has 1 rings (SSSR count). The summed E-state index contributed by atoms with van der Waals surface area (Å²) in [6.07, 6.45) is 18.2. The standard InChI is InChI=1S/C24H44O6/c1-2-3-4-5-6-7-8-9-10-11-12-13-14-15-16-17-18-29-23-21(27)24(28)30-22(23)20(26)19-25/h20,22,25-27H,2-19H2,1H3/t20?,22-/m1/s1. The third kappa shape index (κ3) is 11.2. The van der Waals surface area contributed by atoms with Crippen LogP contribution in [0.4, 0.5) is 0 Å². The van der Waals surface area contributed by atoms with Crippen molar-refractivity contribution >= 4 is 5.97 Å². The molecule has 1 heterocycles. The first-order valence-electron chi connectivity index (χ1n) is 12.2. The van der Waals surface area contributed by atoms with E-state index in [4.69, 9.17) is 14.6 Å². The Labute approximate surface area is 182 Å². The van der Waals surface area contributed by atoms with Crippen LogP contribution in [0.15, 0.2) is 11.5 Å². The molecule has 0 radical (unpaired) electrons. The van der Waals surface area contributed by atoms with E-state index in [1.807, 2.05) is 0 Å². The van der Waals surface area contributed by atoms with Crippen LogP contribution in [-0.2, 0) is 14.3 Å². The van der Waals surface area contributed by atoms with Gasteiger partial charge in [0, 0.05) is 0 Å². The zero-order valence-corrected chi connectivity index (χ0v) is 18.9. The molecule has 0 aromatic heterocycles. The highest BCUT2D eigenvalue weighted by atomic mass is 16.6. The smallest absolute Gasteiger partial charge is 0.378 e. The lowest BCUT2D eigenvalue weighted by molar-refractivity contribution is -0.148. The van der Waals surface area contributed by atoms with E-state index in [-0.39, 0.29) is 5.76 Å². The van der Waals surface area contributed by atoms with E-state index in [0.29, 0.717) is 6.61 Å². The van der Waals surface area contributed by atoms with Crippen LogP contribution in [0, 0.1) is 0 Å². The van der Waals surface area contributed by atoms with Gasteiger partial charge in [0.2, 0.25) is 5.76 Å². The van der Waals surface area contributed by atoms with Crippen molar-refractivity contribution in [3.05, 3.63) is 11.5 Å². The highest BCUT2D eigenvalue weighted by Gasteiger charge is 2.40. The molecule has 0 saturated carbocycles. The summed E-state index contributed by atoms with van der Waals surface area (Å²) >= 11 is 0. The molecule has 1 aliphatic rings. The summed E-state index contributed by atoms with van der Waals surface area (Å²) in [6.45, 7) is 2.04. The van der Waals surface area contributed by atoms with Crippen molar-refractivity contribution in [1.82, 2.24) is 0 Å². The Balaban J connectivity index is 1.90. The van der Waals surface area contributed by atoms with Gasteiger partial charge in [0.05, 0.1) is 13.2 Å². The predicted octanol–water partition coefficient (Wildman–Crippen LogP) is 5.31. The van der Waals surface area contributed by atoms with Crippen molar-refractivity contribution in [1.29, 1.82) is 0 Å². The molecule has 6 nitrogen and oxygen atoms in total. The molecule has 30 heavy (non-hydrogen) atoms. The van der Waals surface area contributed by atoms with E-state index in [1.54, 1.807) is 0 Å². The van der Waals surface area contributed by atoms with Crippen LogP contribution >= 0.6 is 0 Å². The predicted molar refractivity (Wildman–Crippen MR) is 118 cm³/mol. The van der Waals surface area contributed by atoms with E-state index in [2.05, 4.69) is 6.92 Å². The zero-order valence-electron chi connectivity index (χ0n) is 18.9. The fourth-order valence-corrected chi connectivity index (χ4v) is 3.79. The first-order valence-corrected chi connectivity index (χ1v) is 12.2. The molecule has 0 aliphatic carbocycles. The summed E-state index contributed by atoms with van der Waals surface area (Å²) in [7, 11) is 0. The highest BCUT2D eigenvalue weighted by molar-refractivity contribution is 5.89. The van der Waals surface area contributed by atoms with Crippen LogP contribution in [0.25, 0.3) is 0 Å². The lowest BCUT2D eigenvalue weighted by Crippen LogP contribution is -2.32. The summed E-state index contributed by atoms with van der Waals surface area (Å²) in [5.74, 6) is -1.60. The van der Waals surface area contributed by atoms with Crippen LogP contribution in [0.1, 0.15) is 110 Å². The van der Waals surface area contributed by atoms with Gasteiger partial charge in [-0.2, -0.15) is 0 Å². The van der Waals surface area contributed by atoms with Gasteiger partial charge in [-0.15, -0.1) is 0 Å². The van der Waals surface area contributed by atoms with Gasteiger partial charge >= 0.3 is 5.97 Å². The number of aliphatic hydroxyl groups is 3. The second-order valence-corrected chi connectivity index (χ2v) is 8.44. The normalized spacial score (nSPS) is 17.4. The number of cyclic esters (lactones) is 1. The molecular weight excluding hydrogens is 384 g/mol. The SMILES string of the molecule is CCCCCCCCCCCCCCCCCCOC1=C(O)C(=O)O[C@@H]1C(O)CO. The summed E-state index contributed by atoms with van der Waals surface area (Å²) < 4.78 is 10.3. The highest BCUT2D eigenvalue weighted by Crippen LogP contribution is 2.25. The van der Waals surface area contributed by atoms with E-state index in [1.165, 1.54) is 83.5 Å². The Morgan fingerprint density at radius 2 is 1.27 bits per heavy atom. The summed E-state index contributed by atoms with van der Waals surface area (Å²) in [4.78, 5) is 11.4. The van der Waals surface area contributed by atoms with E-state index in [0.717, 1.165) is 19.3 Å². The van der Waals surface area contributed by atoms with Gasteiger partial charge in [0.15, 0.2) is 11.9 Å². The Bertz CT molecular complexity index is 476. The van der Waals surface area contributed by atoms with Gasteiger partial charge in [0.1, 0.15) is 6.10 Å². The number of hydrogen-bond donors (Lipinski definition) is 3. The number of carbonyl (C=O) groups excluding carboxylic acids is 1. The Hall–Kier alpha value is -1.27. The summed E-state index contributed by atoms with van der Waals surface area (Å²) in [5, 5.41) is 28.4. The minimum absolute atomic E-state index is 0.0671. The molecule has 1 unspecified atom stereocenters. The maximum absolute atomic E-state index is 11.4. The second-order valence-electron chi connectivity index (χ2n) is 8.44. The van der Waals surface area contributed by atoms with Crippen LogP contribution in [0.2, 0.25) is 0 Å². The van der Waals surface area contributed by atoms with Crippen molar-refractivity contribution in [2.75, 3.05) is 13.2 Å². The van der Waals surface area contributed by atoms with Crippen molar-refractivity contribution in [2.45, 2.75) is 122 Å². The average Bonchev–Trinajstić information content (AvgIpc) is 3.03. The molecule has 0 aromatic carbocycles. The molecular formula is C24H44O6. The minimum atomic E-state index is -1.29. The van der Waals surface area contributed by atoms with Crippen molar-refractivity contribution in [3.63, 3.8) is 0 Å². The van der Waals surface area contributed by atoms with Crippen LogP contribution < -0.4 is 0 Å². The molecule has 0 bridgehead atoms. The quantitative estimate of drug-likeness (QED) is 0.180. The monoisotopic (exact) mass is 428 g/mol. The number of unbranched alkanes of at least 4 members (excludes halogenated alkanes) is 15. The second kappa shape index (κ2) is 17.4. The maximum Gasteiger partial charge on any atom is 0.378 e. The van der Waals surface area contributed by atoms with E-state index < -0.39 is 30.5 Å². The number of carbonyl (C=O) groups is 1. The summed E-state index contributed by atoms with van der Waals surface area (Å²) in [5.41, 5.74) is 0. The third-order valence-electron chi connectivity index (χ3n) is 5.71. The Kier molecular flexibility index (Phi) is 15.5. The molecule has 1 aliphatic heterocycles. The average molecular weight is 429 g/mol. The number of hydrogen-bond acceptors (Lipinski definition) is 6. The molecule has 3 N–H and O–H groups in total. The van der Waals surface area contributed by atoms with E-state index in [9.17, 15) is 15.0 Å². The molecule has 0 fully saturated rings. The number of ether oxygens (including phenoxy) is 2. The zero-order chi connectivity index (χ0) is 22.0.